The number of rotatable bonds is 4. The van der Waals surface area contributed by atoms with Crippen molar-refractivity contribution in [2.24, 2.45) is 0 Å². The van der Waals surface area contributed by atoms with Crippen LogP contribution in [0.5, 0.6) is 0 Å². The van der Waals surface area contributed by atoms with Gasteiger partial charge in [0.2, 0.25) is 0 Å². The van der Waals surface area contributed by atoms with E-state index in [2.05, 4.69) is 21.4 Å². The highest BCUT2D eigenvalue weighted by Crippen LogP contribution is 2.27. The molecule has 0 saturated heterocycles. The third kappa shape index (κ3) is 3.19. The van der Waals surface area contributed by atoms with Crippen LogP contribution in [0, 0.1) is 11.3 Å². The number of H-pyrrole nitrogens is 1. The molecule has 2 aromatic heterocycles. The van der Waals surface area contributed by atoms with Crippen molar-refractivity contribution in [2.75, 3.05) is 5.32 Å². The topological polar surface area (TPSA) is 64.5 Å². The Kier molecular flexibility index (Phi) is 4.19. The molecule has 4 rings (SSSR count). The first-order valence-corrected chi connectivity index (χ1v) is 8.29. The van der Waals surface area contributed by atoms with E-state index in [0.29, 0.717) is 5.56 Å². The zero-order valence-corrected chi connectivity index (χ0v) is 14.0. The van der Waals surface area contributed by atoms with Gasteiger partial charge in [-0.3, -0.25) is 4.98 Å². The Morgan fingerprint density at radius 2 is 1.88 bits per heavy atom. The third-order valence-electron chi connectivity index (χ3n) is 4.17. The first-order valence-electron chi connectivity index (χ1n) is 8.29. The maximum Gasteiger partial charge on any atom is 0.103 e. The highest BCUT2D eigenvalue weighted by Gasteiger charge is 2.08. The summed E-state index contributed by atoms with van der Waals surface area (Å²) in [6.07, 6.45) is 9.23. The van der Waals surface area contributed by atoms with E-state index in [1.54, 1.807) is 12.4 Å². The van der Waals surface area contributed by atoms with E-state index in [1.807, 2.05) is 72.9 Å². The van der Waals surface area contributed by atoms with Crippen molar-refractivity contribution in [3.63, 3.8) is 0 Å². The lowest BCUT2D eigenvalue weighted by Gasteiger charge is -2.11. The summed E-state index contributed by atoms with van der Waals surface area (Å²) in [5, 5.41) is 14.0. The molecule has 0 aliphatic rings. The predicted octanol–water partition coefficient (Wildman–Crippen LogP) is 5.35. The number of nitriles is 1. The molecular formula is C22H16N4. The van der Waals surface area contributed by atoms with Gasteiger partial charge in [0.05, 0.1) is 11.3 Å². The van der Waals surface area contributed by atoms with Gasteiger partial charge in [0, 0.05) is 35.4 Å². The lowest BCUT2D eigenvalue weighted by atomic mass is 10.1. The summed E-state index contributed by atoms with van der Waals surface area (Å²) >= 11 is 0. The molecule has 0 fully saturated rings. The smallest absolute Gasteiger partial charge is 0.103 e. The normalized spacial score (nSPS) is 10.9. The van der Waals surface area contributed by atoms with Crippen molar-refractivity contribution in [3.05, 3.63) is 89.9 Å². The van der Waals surface area contributed by atoms with Gasteiger partial charge in [-0.25, -0.2) is 0 Å². The van der Waals surface area contributed by atoms with Gasteiger partial charge in [-0.05, 0) is 29.1 Å². The Morgan fingerprint density at radius 1 is 1.00 bits per heavy atom. The SMILES string of the molecule is N#Cc1cncc(/C=C/c2ccccc2)c1Nc1ccc2cc[nH]c2c1. The number of fused-ring (bicyclic) bond motifs is 1. The number of hydrogen-bond donors (Lipinski definition) is 2. The summed E-state index contributed by atoms with van der Waals surface area (Å²) in [6, 6.07) is 20.4. The molecule has 2 heterocycles. The maximum absolute atomic E-state index is 9.48. The molecule has 0 radical (unpaired) electrons. The maximum atomic E-state index is 9.48. The van der Waals surface area contributed by atoms with Gasteiger partial charge < -0.3 is 10.3 Å². The van der Waals surface area contributed by atoms with Crippen molar-refractivity contribution < 1.29 is 0 Å². The van der Waals surface area contributed by atoms with Gasteiger partial charge in [0.15, 0.2) is 0 Å². The molecule has 4 heteroatoms. The van der Waals surface area contributed by atoms with E-state index in [9.17, 15) is 5.26 Å². The Hall–Kier alpha value is -3.84. The van der Waals surface area contributed by atoms with Gasteiger partial charge in [0.25, 0.3) is 0 Å². The Morgan fingerprint density at radius 3 is 2.73 bits per heavy atom. The number of hydrogen-bond acceptors (Lipinski definition) is 3. The fraction of sp³-hybridized carbons (Fsp3) is 0. The Bertz CT molecular complexity index is 1120. The van der Waals surface area contributed by atoms with Crippen LogP contribution in [-0.4, -0.2) is 9.97 Å². The average molecular weight is 336 g/mol. The van der Waals surface area contributed by atoms with Gasteiger partial charge in [-0.2, -0.15) is 5.26 Å². The molecule has 124 valence electrons. The minimum Gasteiger partial charge on any atom is -0.361 e. The molecule has 2 aromatic carbocycles. The monoisotopic (exact) mass is 336 g/mol. The van der Waals surface area contributed by atoms with Gasteiger partial charge in [-0.15, -0.1) is 0 Å². The van der Waals surface area contributed by atoms with Crippen LogP contribution in [0.15, 0.2) is 73.2 Å². The lowest BCUT2D eigenvalue weighted by molar-refractivity contribution is 1.29. The lowest BCUT2D eigenvalue weighted by Crippen LogP contribution is -1.97. The first-order chi connectivity index (χ1) is 12.8. The number of nitrogens with one attached hydrogen (secondary N) is 2. The average Bonchev–Trinajstić information content (AvgIpc) is 3.16. The van der Waals surface area contributed by atoms with Gasteiger partial charge in [0.1, 0.15) is 6.07 Å². The van der Waals surface area contributed by atoms with Crippen LogP contribution in [0.4, 0.5) is 11.4 Å². The summed E-state index contributed by atoms with van der Waals surface area (Å²) < 4.78 is 0. The van der Waals surface area contributed by atoms with E-state index >= 15 is 0 Å². The molecule has 0 saturated carbocycles. The molecule has 0 atom stereocenters. The second-order valence-electron chi connectivity index (χ2n) is 5.91. The first kappa shape index (κ1) is 15.7. The summed E-state index contributed by atoms with van der Waals surface area (Å²) in [6.45, 7) is 0. The van der Waals surface area contributed by atoms with Crippen LogP contribution >= 0.6 is 0 Å². The second kappa shape index (κ2) is 6.96. The van der Waals surface area contributed by atoms with Crippen molar-refractivity contribution in [1.82, 2.24) is 9.97 Å². The van der Waals surface area contributed by atoms with Crippen molar-refractivity contribution in [1.29, 1.82) is 5.26 Å². The molecule has 0 spiro atoms. The van der Waals surface area contributed by atoms with Crippen LogP contribution in [0.2, 0.25) is 0 Å². The molecule has 0 bridgehead atoms. The number of aromatic nitrogens is 2. The van der Waals surface area contributed by atoms with E-state index < -0.39 is 0 Å². The Balaban J connectivity index is 1.72. The summed E-state index contributed by atoms with van der Waals surface area (Å²) in [5.74, 6) is 0. The molecule has 2 N–H and O–H groups in total. The fourth-order valence-corrected chi connectivity index (χ4v) is 2.85. The summed E-state index contributed by atoms with van der Waals surface area (Å²) in [7, 11) is 0. The van der Waals surface area contributed by atoms with Gasteiger partial charge >= 0.3 is 0 Å². The van der Waals surface area contributed by atoms with E-state index in [0.717, 1.165) is 33.4 Å². The van der Waals surface area contributed by atoms with Crippen molar-refractivity contribution in [2.45, 2.75) is 0 Å². The minimum atomic E-state index is 0.506. The molecule has 4 nitrogen and oxygen atoms in total. The molecule has 0 aliphatic heterocycles. The minimum absolute atomic E-state index is 0.506. The molecular weight excluding hydrogens is 320 g/mol. The zero-order chi connectivity index (χ0) is 17.8. The van der Waals surface area contributed by atoms with Gasteiger partial charge in [-0.1, -0.05) is 48.6 Å². The third-order valence-corrected chi connectivity index (χ3v) is 4.17. The van der Waals surface area contributed by atoms with Crippen LogP contribution in [0.25, 0.3) is 23.1 Å². The highest BCUT2D eigenvalue weighted by atomic mass is 14.9. The molecule has 0 aliphatic carbocycles. The quantitative estimate of drug-likeness (QED) is 0.528. The Labute approximate surface area is 151 Å². The van der Waals surface area contributed by atoms with E-state index in [-0.39, 0.29) is 0 Å². The number of aromatic amines is 1. The van der Waals surface area contributed by atoms with Crippen molar-refractivity contribution in [3.8, 4) is 6.07 Å². The molecule has 4 aromatic rings. The van der Waals surface area contributed by atoms with Crippen LogP contribution in [0.3, 0.4) is 0 Å². The van der Waals surface area contributed by atoms with Crippen LogP contribution in [0.1, 0.15) is 16.7 Å². The second-order valence-corrected chi connectivity index (χ2v) is 5.91. The zero-order valence-electron chi connectivity index (χ0n) is 14.0. The standard InChI is InChI=1S/C22H16N4/c23-13-19-15-24-14-18(7-6-16-4-2-1-3-5-16)22(19)26-20-9-8-17-10-11-25-21(17)12-20/h1-12,14-15,25H,(H,24,26)/b7-6+. The fourth-order valence-electron chi connectivity index (χ4n) is 2.85. The molecule has 0 unspecified atom stereocenters. The highest BCUT2D eigenvalue weighted by molar-refractivity contribution is 5.86. The van der Waals surface area contributed by atoms with Crippen molar-refractivity contribution >= 4 is 34.4 Å². The van der Waals surface area contributed by atoms with E-state index in [4.69, 9.17) is 0 Å². The number of nitrogens with zero attached hydrogens (tertiary/aromatic N) is 2. The van der Waals surface area contributed by atoms with Crippen LogP contribution in [-0.2, 0) is 0 Å². The number of benzene rings is 2. The number of anilines is 2. The summed E-state index contributed by atoms with van der Waals surface area (Å²) in [5.41, 5.74) is 5.17. The largest absolute Gasteiger partial charge is 0.361 e. The van der Waals surface area contributed by atoms with E-state index in [1.165, 1.54) is 0 Å². The molecule has 0 amide bonds. The van der Waals surface area contributed by atoms with Crippen LogP contribution < -0.4 is 5.32 Å². The number of pyridine rings is 1. The summed E-state index contributed by atoms with van der Waals surface area (Å²) in [4.78, 5) is 7.40. The predicted molar refractivity (Wildman–Crippen MR) is 106 cm³/mol. The molecule has 26 heavy (non-hydrogen) atoms.